The molecule has 1 heterocycles. The standard InChI is InChI=1S/C8H15N3O2/c1-8(2,3)7-10-6(13-11-7)5(12)4-9/h5,12H,4,9H2,1-3H3. The summed E-state index contributed by atoms with van der Waals surface area (Å²) >= 11 is 0. The van der Waals surface area contributed by atoms with Gasteiger partial charge in [-0.25, -0.2) is 0 Å². The van der Waals surface area contributed by atoms with E-state index in [1.165, 1.54) is 0 Å². The Balaban J connectivity index is 2.87. The molecule has 0 amide bonds. The second-order valence-corrected chi connectivity index (χ2v) is 3.96. The van der Waals surface area contributed by atoms with Crippen LogP contribution in [0.15, 0.2) is 4.52 Å². The van der Waals surface area contributed by atoms with E-state index in [2.05, 4.69) is 10.1 Å². The highest BCUT2D eigenvalue weighted by Crippen LogP contribution is 2.20. The summed E-state index contributed by atoms with van der Waals surface area (Å²) in [5.74, 6) is 0.766. The van der Waals surface area contributed by atoms with Gasteiger partial charge in [0.25, 0.3) is 5.89 Å². The molecule has 0 radical (unpaired) electrons. The number of aromatic nitrogens is 2. The molecule has 0 saturated carbocycles. The molecule has 3 N–H and O–H groups in total. The lowest BCUT2D eigenvalue weighted by molar-refractivity contribution is 0.141. The molecular weight excluding hydrogens is 170 g/mol. The van der Waals surface area contributed by atoms with Gasteiger partial charge in [-0.05, 0) is 0 Å². The molecular formula is C8H15N3O2. The minimum atomic E-state index is -0.858. The molecule has 5 heteroatoms. The zero-order chi connectivity index (χ0) is 10.1. The topological polar surface area (TPSA) is 85.2 Å². The average molecular weight is 185 g/mol. The van der Waals surface area contributed by atoms with Gasteiger partial charge in [-0.1, -0.05) is 25.9 Å². The van der Waals surface area contributed by atoms with Gasteiger partial charge < -0.3 is 15.4 Å². The Bertz CT molecular complexity index is 277. The number of hydrogen-bond donors (Lipinski definition) is 2. The van der Waals surface area contributed by atoms with Crippen LogP contribution in [0.5, 0.6) is 0 Å². The van der Waals surface area contributed by atoms with Gasteiger partial charge in [0.05, 0.1) is 0 Å². The van der Waals surface area contributed by atoms with Gasteiger partial charge >= 0.3 is 0 Å². The third-order valence-corrected chi connectivity index (χ3v) is 1.62. The second kappa shape index (κ2) is 3.43. The van der Waals surface area contributed by atoms with Gasteiger partial charge in [0.15, 0.2) is 5.82 Å². The third kappa shape index (κ3) is 2.26. The van der Waals surface area contributed by atoms with E-state index in [0.717, 1.165) is 0 Å². The average Bonchev–Trinajstić information content (AvgIpc) is 2.50. The Labute approximate surface area is 76.9 Å². The molecule has 1 atom stereocenters. The predicted molar refractivity (Wildman–Crippen MR) is 47.0 cm³/mol. The molecule has 0 spiro atoms. The Hall–Kier alpha value is -0.940. The third-order valence-electron chi connectivity index (χ3n) is 1.62. The highest BCUT2D eigenvalue weighted by atomic mass is 16.5. The van der Waals surface area contributed by atoms with Gasteiger partial charge in [0.1, 0.15) is 6.10 Å². The molecule has 1 aromatic heterocycles. The molecule has 1 rings (SSSR count). The number of nitrogens with zero attached hydrogens (tertiary/aromatic N) is 2. The summed E-state index contributed by atoms with van der Waals surface area (Å²) in [6, 6.07) is 0. The van der Waals surface area contributed by atoms with E-state index in [9.17, 15) is 5.11 Å². The van der Waals surface area contributed by atoms with Crippen LogP contribution in [0.1, 0.15) is 38.6 Å². The van der Waals surface area contributed by atoms with Crippen LogP contribution in [-0.4, -0.2) is 21.8 Å². The molecule has 0 saturated heterocycles. The smallest absolute Gasteiger partial charge is 0.256 e. The van der Waals surface area contributed by atoms with E-state index < -0.39 is 6.10 Å². The highest BCUT2D eigenvalue weighted by Gasteiger charge is 2.23. The van der Waals surface area contributed by atoms with Crippen molar-refractivity contribution >= 4 is 0 Å². The molecule has 0 fully saturated rings. The van der Waals surface area contributed by atoms with E-state index in [1.54, 1.807) is 0 Å². The van der Waals surface area contributed by atoms with E-state index >= 15 is 0 Å². The van der Waals surface area contributed by atoms with Crippen LogP contribution in [0, 0.1) is 0 Å². The molecule has 0 aromatic carbocycles. The van der Waals surface area contributed by atoms with Crippen molar-refractivity contribution < 1.29 is 9.63 Å². The maximum Gasteiger partial charge on any atom is 0.256 e. The van der Waals surface area contributed by atoms with E-state index in [1.807, 2.05) is 20.8 Å². The van der Waals surface area contributed by atoms with Crippen molar-refractivity contribution in [3.8, 4) is 0 Å². The van der Waals surface area contributed by atoms with Gasteiger partial charge in [-0.15, -0.1) is 0 Å². The minimum Gasteiger partial charge on any atom is -0.382 e. The summed E-state index contributed by atoms with van der Waals surface area (Å²) in [5, 5.41) is 13.0. The molecule has 13 heavy (non-hydrogen) atoms. The minimum absolute atomic E-state index is 0.0891. The van der Waals surface area contributed by atoms with Crippen LogP contribution in [0.4, 0.5) is 0 Å². The second-order valence-electron chi connectivity index (χ2n) is 3.96. The summed E-state index contributed by atoms with van der Waals surface area (Å²) in [6.07, 6.45) is -0.858. The normalized spacial score (nSPS) is 14.5. The van der Waals surface area contributed by atoms with Crippen molar-refractivity contribution in [1.29, 1.82) is 0 Å². The van der Waals surface area contributed by atoms with Gasteiger partial charge in [0, 0.05) is 12.0 Å². The van der Waals surface area contributed by atoms with Crippen molar-refractivity contribution in [3.63, 3.8) is 0 Å². The van der Waals surface area contributed by atoms with Crippen molar-refractivity contribution in [3.05, 3.63) is 11.7 Å². The quantitative estimate of drug-likeness (QED) is 0.694. The maximum absolute atomic E-state index is 9.29. The van der Waals surface area contributed by atoms with Crippen molar-refractivity contribution in [2.75, 3.05) is 6.54 Å². The Morgan fingerprint density at radius 2 is 2.15 bits per heavy atom. The summed E-state index contributed by atoms with van der Waals surface area (Å²) < 4.78 is 4.85. The first-order valence-corrected chi connectivity index (χ1v) is 4.17. The molecule has 0 aliphatic heterocycles. The molecule has 74 valence electrons. The summed E-state index contributed by atoms with van der Waals surface area (Å²) in [7, 11) is 0. The summed E-state index contributed by atoms with van der Waals surface area (Å²) in [5.41, 5.74) is 5.07. The number of aliphatic hydroxyl groups excluding tert-OH is 1. The Kier molecular flexibility index (Phi) is 2.68. The first kappa shape index (κ1) is 10.1. The van der Waals surface area contributed by atoms with E-state index in [4.69, 9.17) is 10.3 Å². The van der Waals surface area contributed by atoms with Gasteiger partial charge in [0.2, 0.25) is 0 Å². The molecule has 0 aliphatic carbocycles. The molecule has 0 aliphatic rings. The highest BCUT2D eigenvalue weighted by molar-refractivity contribution is 5.01. The Morgan fingerprint density at radius 3 is 2.54 bits per heavy atom. The van der Waals surface area contributed by atoms with Gasteiger partial charge in [-0.2, -0.15) is 4.98 Å². The molecule has 5 nitrogen and oxygen atoms in total. The van der Waals surface area contributed by atoms with Crippen LogP contribution in [0.25, 0.3) is 0 Å². The lowest BCUT2D eigenvalue weighted by atomic mass is 9.96. The SMILES string of the molecule is CC(C)(C)c1noc(C(O)CN)n1. The fraction of sp³-hybridized carbons (Fsp3) is 0.750. The number of rotatable bonds is 2. The van der Waals surface area contributed by atoms with Crippen molar-refractivity contribution in [1.82, 2.24) is 10.1 Å². The summed E-state index contributed by atoms with van der Waals surface area (Å²) in [4.78, 5) is 4.04. The van der Waals surface area contributed by atoms with Crippen LogP contribution < -0.4 is 5.73 Å². The monoisotopic (exact) mass is 185 g/mol. The zero-order valence-corrected chi connectivity index (χ0v) is 8.11. The van der Waals surface area contributed by atoms with E-state index in [-0.39, 0.29) is 17.9 Å². The summed E-state index contributed by atoms with van der Waals surface area (Å²) in [6.45, 7) is 6.00. The van der Waals surface area contributed by atoms with E-state index in [0.29, 0.717) is 5.82 Å². The lowest BCUT2D eigenvalue weighted by Gasteiger charge is -2.11. The molecule has 1 unspecified atom stereocenters. The predicted octanol–water partition coefficient (Wildman–Crippen LogP) is 0.359. The van der Waals surface area contributed by atoms with Crippen LogP contribution >= 0.6 is 0 Å². The maximum atomic E-state index is 9.29. The van der Waals surface area contributed by atoms with Crippen LogP contribution in [-0.2, 0) is 5.41 Å². The Morgan fingerprint density at radius 1 is 1.54 bits per heavy atom. The largest absolute Gasteiger partial charge is 0.382 e. The van der Waals surface area contributed by atoms with Gasteiger partial charge in [-0.3, -0.25) is 0 Å². The number of hydrogen-bond acceptors (Lipinski definition) is 5. The fourth-order valence-corrected chi connectivity index (χ4v) is 0.776. The molecule has 1 aromatic rings. The lowest BCUT2D eigenvalue weighted by Crippen LogP contribution is -2.15. The number of nitrogens with two attached hydrogens (primary N) is 1. The van der Waals surface area contributed by atoms with Crippen LogP contribution in [0.3, 0.4) is 0 Å². The van der Waals surface area contributed by atoms with Crippen molar-refractivity contribution in [2.24, 2.45) is 5.73 Å². The first-order chi connectivity index (χ1) is 5.95. The zero-order valence-electron chi connectivity index (χ0n) is 8.11. The number of aliphatic hydroxyl groups is 1. The first-order valence-electron chi connectivity index (χ1n) is 4.17. The van der Waals surface area contributed by atoms with Crippen molar-refractivity contribution in [2.45, 2.75) is 32.3 Å². The van der Waals surface area contributed by atoms with Crippen LogP contribution in [0.2, 0.25) is 0 Å². The fourth-order valence-electron chi connectivity index (χ4n) is 0.776. The molecule has 0 bridgehead atoms.